The first-order valence-electron chi connectivity index (χ1n) is 9.04. The number of nitrogen functional groups attached to an aromatic ring is 1. The van der Waals surface area contributed by atoms with Gasteiger partial charge in [0.25, 0.3) is 0 Å². The lowest BCUT2D eigenvalue weighted by Crippen LogP contribution is -2.55. The lowest BCUT2D eigenvalue weighted by atomic mass is 9.98. The Hall–Kier alpha value is -1.93. The largest absolute Gasteiger partial charge is 0.399 e. The summed E-state index contributed by atoms with van der Waals surface area (Å²) in [6.45, 7) is 4.17. The predicted molar refractivity (Wildman–Crippen MR) is 108 cm³/mol. The molecule has 0 heterocycles. The third-order valence-electron chi connectivity index (χ3n) is 4.34. The molecule has 0 aromatic heterocycles. The topological polar surface area (TPSA) is 110 Å². The molecule has 1 atom stereocenters. The number of nitrogens with zero attached hydrogens (tertiary/aromatic N) is 1. The van der Waals surface area contributed by atoms with Gasteiger partial charge < -0.3 is 16.6 Å². The zero-order valence-corrected chi connectivity index (χ0v) is 16.7. The summed E-state index contributed by atoms with van der Waals surface area (Å²) in [6.07, 6.45) is 0.286. The summed E-state index contributed by atoms with van der Waals surface area (Å²) in [7, 11) is -3.94. The second-order valence-electron chi connectivity index (χ2n) is 7.18. The number of sulfonamides is 1. The normalized spacial score (nSPS) is 14.4. The molecule has 0 spiro atoms. The van der Waals surface area contributed by atoms with Gasteiger partial charge in [-0.15, -0.1) is 0 Å². The summed E-state index contributed by atoms with van der Waals surface area (Å²) >= 11 is 0. The number of anilines is 1. The molecule has 7 heteroatoms. The van der Waals surface area contributed by atoms with E-state index >= 15 is 0 Å². The number of nitrogens with two attached hydrogens (primary N) is 2. The molecule has 0 aliphatic carbocycles. The molecular weight excluding hydrogens is 362 g/mol. The summed E-state index contributed by atoms with van der Waals surface area (Å²) in [4.78, 5) is 0.0980. The minimum atomic E-state index is -3.94. The first-order chi connectivity index (χ1) is 12.7. The van der Waals surface area contributed by atoms with Crippen LogP contribution in [0.5, 0.6) is 0 Å². The molecule has 0 radical (unpaired) electrons. The van der Waals surface area contributed by atoms with Crippen molar-refractivity contribution in [1.82, 2.24) is 4.31 Å². The van der Waals surface area contributed by atoms with Crippen molar-refractivity contribution >= 4 is 15.7 Å². The number of aliphatic hydroxyl groups is 1. The summed E-state index contributed by atoms with van der Waals surface area (Å²) in [6, 6.07) is 15.3. The molecule has 2 rings (SSSR count). The SMILES string of the molecule is CC(C)CN(C(O)(CCN)Cc1ccccc1)S(=O)(=O)c1ccc(N)cc1. The molecular formula is C20H29N3O3S. The molecule has 0 saturated heterocycles. The molecule has 148 valence electrons. The molecule has 1 unspecified atom stereocenters. The molecule has 0 bridgehead atoms. The Morgan fingerprint density at radius 3 is 2.19 bits per heavy atom. The molecule has 0 amide bonds. The second kappa shape index (κ2) is 8.84. The molecule has 2 aromatic carbocycles. The predicted octanol–water partition coefficient (Wildman–Crippen LogP) is 2.20. The van der Waals surface area contributed by atoms with Gasteiger partial charge in [-0.25, -0.2) is 8.42 Å². The molecule has 27 heavy (non-hydrogen) atoms. The fourth-order valence-corrected chi connectivity index (χ4v) is 4.88. The highest BCUT2D eigenvalue weighted by molar-refractivity contribution is 7.89. The Kier molecular flexibility index (Phi) is 7.00. The molecule has 5 N–H and O–H groups in total. The Balaban J connectivity index is 2.51. The summed E-state index contributed by atoms with van der Waals surface area (Å²) < 4.78 is 27.9. The third-order valence-corrected chi connectivity index (χ3v) is 6.28. The van der Waals surface area contributed by atoms with Gasteiger partial charge in [-0.2, -0.15) is 4.31 Å². The fraction of sp³-hybridized carbons (Fsp3) is 0.400. The van der Waals surface area contributed by atoms with Crippen molar-refractivity contribution in [3.63, 3.8) is 0 Å². The van der Waals surface area contributed by atoms with Gasteiger partial charge in [0.2, 0.25) is 10.0 Å². The summed E-state index contributed by atoms with van der Waals surface area (Å²) in [5, 5.41) is 11.5. The minimum absolute atomic E-state index is 0.0219. The van der Waals surface area contributed by atoms with E-state index in [0.29, 0.717) is 5.69 Å². The van der Waals surface area contributed by atoms with Crippen molar-refractivity contribution in [2.24, 2.45) is 11.7 Å². The maximum atomic E-state index is 13.4. The quantitative estimate of drug-likeness (QED) is 0.448. The van der Waals surface area contributed by atoms with Crippen LogP contribution in [0, 0.1) is 5.92 Å². The van der Waals surface area contributed by atoms with E-state index in [0.717, 1.165) is 5.56 Å². The average molecular weight is 392 g/mol. The third kappa shape index (κ3) is 5.29. The zero-order chi connectivity index (χ0) is 20.1. The van der Waals surface area contributed by atoms with Crippen LogP contribution in [0.25, 0.3) is 0 Å². The van der Waals surface area contributed by atoms with E-state index in [9.17, 15) is 13.5 Å². The zero-order valence-electron chi connectivity index (χ0n) is 15.9. The number of rotatable bonds is 9. The van der Waals surface area contributed by atoms with Gasteiger partial charge in [0, 0.05) is 25.1 Å². The van der Waals surface area contributed by atoms with Crippen LogP contribution in [0.4, 0.5) is 5.69 Å². The molecule has 6 nitrogen and oxygen atoms in total. The van der Waals surface area contributed by atoms with Gasteiger partial charge in [-0.1, -0.05) is 44.2 Å². The Morgan fingerprint density at radius 1 is 1.07 bits per heavy atom. The number of hydrogen-bond acceptors (Lipinski definition) is 5. The van der Waals surface area contributed by atoms with Crippen LogP contribution < -0.4 is 11.5 Å². The van der Waals surface area contributed by atoms with Gasteiger partial charge in [0.15, 0.2) is 0 Å². The van der Waals surface area contributed by atoms with Crippen LogP contribution in [-0.2, 0) is 16.4 Å². The lowest BCUT2D eigenvalue weighted by molar-refractivity contribution is -0.0690. The van der Waals surface area contributed by atoms with Crippen LogP contribution in [0.2, 0.25) is 0 Å². The van der Waals surface area contributed by atoms with E-state index in [4.69, 9.17) is 11.5 Å². The average Bonchev–Trinajstić information content (AvgIpc) is 2.61. The highest BCUT2D eigenvalue weighted by Gasteiger charge is 2.42. The van der Waals surface area contributed by atoms with Gasteiger partial charge in [-0.05, 0) is 42.3 Å². The van der Waals surface area contributed by atoms with E-state index in [2.05, 4.69) is 0 Å². The van der Waals surface area contributed by atoms with Crippen molar-refractivity contribution < 1.29 is 13.5 Å². The van der Waals surface area contributed by atoms with E-state index in [1.807, 2.05) is 44.2 Å². The van der Waals surface area contributed by atoms with E-state index in [1.54, 1.807) is 12.1 Å². The Labute approximate surface area is 161 Å². The first kappa shape index (κ1) is 21.4. The van der Waals surface area contributed by atoms with E-state index in [1.165, 1.54) is 16.4 Å². The van der Waals surface area contributed by atoms with Crippen LogP contribution in [0.15, 0.2) is 59.5 Å². The van der Waals surface area contributed by atoms with E-state index < -0.39 is 15.7 Å². The van der Waals surface area contributed by atoms with Crippen LogP contribution in [-0.4, -0.2) is 36.6 Å². The standard InChI is InChI=1S/C20H29N3O3S/c1-16(2)15-23(27(25,26)19-10-8-18(22)9-11-19)20(24,12-13-21)14-17-6-4-3-5-7-17/h3-11,16,24H,12-15,21-22H2,1-2H3. The molecule has 0 fully saturated rings. The number of benzene rings is 2. The molecule has 0 aliphatic heterocycles. The van der Waals surface area contributed by atoms with Crippen LogP contribution in [0.1, 0.15) is 25.8 Å². The van der Waals surface area contributed by atoms with Crippen molar-refractivity contribution in [3.05, 3.63) is 60.2 Å². The van der Waals surface area contributed by atoms with E-state index in [-0.39, 0.29) is 36.7 Å². The summed E-state index contributed by atoms with van der Waals surface area (Å²) in [5.74, 6) is 0.0219. The molecule has 2 aromatic rings. The van der Waals surface area contributed by atoms with Crippen LogP contribution >= 0.6 is 0 Å². The fourth-order valence-electron chi connectivity index (χ4n) is 3.05. The van der Waals surface area contributed by atoms with Crippen molar-refractivity contribution in [3.8, 4) is 0 Å². The highest BCUT2D eigenvalue weighted by atomic mass is 32.2. The highest BCUT2D eigenvalue weighted by Crippen LogP contribution is 2.30. The van der Waals surface area contributed by atoms with Crippen molar-refractivity contribution in [1.29, 1.82) is 0 Å². The monoisotopic (exact) mass is 391 g/mol. The first-order valence-corrected chi connectivity index (χ1v) is 10.5. The second-order valence-corrected chi connectivity index (χ2v) is 9.04. The van der Waals surface area contributed by atoms with Crippen molar-refractivity contribution in [2.45, 2.75) is 37.3 Å². The van der Waals surface area contributed by atoms with Gasteiger partial charge in [-0.3, -0.25) is 0 Å². The number of hydrogen-bond donors (Lipinski definition) is 3. The van der Waals surface area contributed by atoms with Gasteiger partial charge in [0.05, 0.1) is 4.90 Å². The maximum Gasteiger partial charge on any atom is 0.245 e. The Morgan fingerprint density at radius 2 is 1.67 bits per heavy atom. The smallest absolute Gasteiger partial charge is 0.245 e. The molecule has 0 saturated carbocycles. The van der Waals surface area contributed by atoms with Crippen LogP contribution in [0.3, 0.4) is 0 Å². The molecule has 0 aliphatic rings. The van der Waals surface area contributed by atoms with Gasteiger partial charge in [0.1, 0.15) is 5.72 Å². The Bertz CT molecular complexity index is 823. The summed E-state index contributed by atoms with van der Waals surface area (Å²) in [5.41, 5.74) is 11.1. The lowest BCUT2D eigenvalue weighted by Gasteiger charge is -2.40. The van der Waals surface area contributed by atoms with Crippen molar-refractivity contribution in [2.75, 3.05) is 18.8 Å². The minimum Gasteiger partial charge on any atom is -0.399 e. The maximum absolute atomic E-state index is 13.4. The van der Waals surface area contributed by atoms with Gasteiger partial charge >= 0.3 is 0 Å².